The molecule has 3 atom stereocenters. The number of hydrogen-bond acceptors (Lipinski definition) is 5. The number of halogens is 2. The molecule has 3 amide bonds. The predicted molar refractivity (Wildman–Crippen MR) is 153 cm³/mol. The average molecular weight is 580 g/mol. The first-order valence-electron chi connectivity index (χ1n) is 13.7. The highest BCUT2D eigenvalue weighted by molar-refractivity contribution is 5.97. The Morgan fingerprint density at radius 1 is 0.976 bits per heavy atom. The van der Waals surface area contributed by atoms with Crippen molar-refractivity contribution in [2.75, 3.05) is 6.54 Å². The standard InChI is InChI=1S/C32H35F2N3O5/c1-19-9-7-8-12-23(19)17-35-30(41)26-16-32(33,34)18-37(26)31(42)28(39)25(15-22-10-5-4-6-11-22)36-29(40)24-14-13-20(2)27(38)21(24)3/h4-14,25-26,28,38-39H,15-18H2,1-3H3,(H,35,41)(H,36,40). The van der Waals surface area contributed by atoms with Crippen molar-refractivity contribution in [1.82, 2.24) is 15.5 Å². The van der Waals surface area contributed by atoms with Gasteiger partial charge in [-0.3, -0.25) is 14.4 Å². The fourth-order valence-electron chi connectivity index (χ4n) is 5.17. The third-order valence-electron chi connectivity index (χ3n) is 7.70. The number of carbonyl (C=O) groups excluding carboxylic acids is 3. The molecule has 0 radical (unpaired) electrons. The lowest BCUT2D eigenvalue weighted by Gasteiger charge is -2.30. The Labute approximate surface area is 243 Å². The average Bonchev–Trinajstić information content (AvgIpc) is 3.30. The van der Waals surface area contributed by atoms with E-state index in [9.17, 15) is 33.4 Å². The van der Waals surface area contributed by atoms with E-state index in [2.05, 4.69) is 10.6 Å². The van der Waals surface area contributed by atoms with Crippen LogP contribution in [0.15, 0.2) is 66.7 Å². The van der Waals surface area contributed by atoms with Crippen molar-refractivity contribution in [1.29, 1.82) is 0 Å². The van der Waals surface area contributed by atoms with E-state index < -0.39 is 54.8 Å². The summed E-state index contributed by atoms with van der Waals surface area (Å²) in [5.74, 6) is -5.90. The number of aliphatic hydroxyl groups is 1. The number of phenols is 1. The van der Waals surface area contributed by atoms with E-state index in [0.29, 0.717) is 21.6 Å². The molecule has 4 N–H and O–H groups in total. The second-order valence-electron chi connectivity index (χ2n) is 10.8. The van der Waals surface area contributed by atoms with E-state index in [-0.39, 0.29) is 24.3 Å². The lowest BCUT2D eigenvalue weighted by atomic mass is 9.98. The van der Waals surface area contributed by atoms with Crippen LogP contribution in [0.1, 0.15) is 44.6 Å². The number of likely N-dealkylation sites (tertiary alicyclic amines) is 1. The van der Waals surface area contributed by atoms with E-state index >= 15 is 0 Å². The minimum Gasteiger partial charge on any atom is -0.507 e. The van der Waals surface area contributed by atoms with Crippen LogP contribution >= 0.6 is 0 Å². The van der Waals surface area contributed by atoms with Gasteiger partial charge in [-0.2, -0.15) is 0 Å². The van der Waals surface area contributed by atoms with Crippen LogP contribution in [0.25, 0.3) is 0 Å². The lowest BCUT2D eigenvalue weighted by Crippen LogP contribution is -2.56. The highest BCUT2D eigenvalue weighted by Crippen LogP contribution is 2.33. The molecule has 3 aromatic rings. The second kappa shape index (κ2) is 12.7. The normalized spacial score (nSPS) is 17.4. The Hall–Kier alpha value is -4.31. The number of carbonyl (C=O) groups is 3. The van der Waals surface area contributed by atoms with E-state index in [1.807, 2.05) is 19.1 Å². The molecule has 0 aromatic heterocycles. The van der Waals surface area contributed by atoms with Gasteiger partial charge in [0.25, 0.3) is 17.7 Å². The Morgan fingerprint density at radius 2 is 1.64 bits per heavy atom. The molecule has 0 bridgehead atoms. The lowest BCUT2D eigenvalue weighted by molar-refractivity contribution is -0.147. The molecule has 42 heavy (non-hydrogen) atoms. The Balaban J connectivity index is 1.56. The van der Waals surface area contributed by atoms with Gasteiger partial charge in [0.2, 0.25) is 5.91 Å². The van der Waals surface area contributed by atoms with Crippen molar-refractivity contribution in [3.63, 3.8) is 0 Å². The molecule has 1 heterocycles. The number of aliphatic hydroxyl groups excluding tert-OH is 1. The number of nitrogens with one attached hydrogen (secondary N) is 2. The smallest absolute Gasteiger partial charge is 0.267 e. The summed E-state index contributed by atoms with van der Waals surface area (Å²) in [6, 6.07) is 16.4. The first-order valence-corrected chi connectivity index (χ1v) is 13.7. The maximum Gasteiger partial charge on any atom is 0.267 e. The van der Waals surface area contributed by atoms with Gasteiger partial charge < -0.3 is 25.7 Å². The molecule has 0 spiro atoms. The van der Waals surface area contributed by atoms with Crippen LogP contribution < -0.4 is 10.6 Å². The molecule has 0 aliphatic carbocycles. The van der Waals surface area contributed by atoms with Gasteiger partial charge in [-0.05, 0) is 55.5 Å². The van der Waals surface area contributed by atoms with Crippen molar-refractivity contribution >= 4 is 17.7 Å². The van der Waals surface area contributed by atoms with Crippen LogP contribution in [0.3, 0.4) is 0 Å². The molecule has 0 saturated carbocycles. The van der Waals surface area contributed by atoms with Crippen molar-refractivity contribution in [2.24, 2.45) is 0 Å². The summed E-state index contributed by atoms with van der Waals surface area (Å²) in [6.07, 6.45) is -2.82. The van der Waals surface area contributed by atoms with Crippen LogP contribution in [-0.2, 0) is 22.6 Å². The Morgan fingerprint density at radius 3 is 2.33 bits per heavy atom. The number of amides is 3. The monoisotopic (exact) mass is 579 g/mol. The maximum atomic E-state index is 14.6. The number of benzene rings is 3. The number of phenolic OH excluding ortho intramolecular Hbond substituents is 1. The molecular formula is C32H35F2N3O5. The zero-order valence-electron chi connectivity index (χ0n) is 23.7. The molecule has 1 fully saturated rings. The molecule has 1 aliphatic rings. The van der Waals surface area contributed by atoms with Crippen molar-refractivity contribution < 1.29 is 33.4 Å². The molecule has 1 saturated heterocycles. The van der Waals surface area contributed by atoms with Crippen molar-refractivity contribution in [3.8, 4) is 5.75 Å². The van der Waals surface area contributed by atoms with Gasteiger partial charge >= 0.3 is 0 Å². The van der Waals surface area contributed by atoms with Gasteiger partial charge in [0.15, 0.2) is 6.10 Å². The van der Waals surface area contributed by atoms with E-state index in [4.69, 9.17) is 0 Å². The number of nitrogens with zero attached hydrogens (tertiary/aromatic N) is 1. The number of aromatic hydroxyl groups is 1. The van der Waals surface area contributed by atoms with Crippen LogP contribution in [0.5, 0.6) is 5.75 Å². The number of hydrogen-bond donors (Lipinski definition) is 4. The summed E-state index contributed by atoms with van der Waals surface area (Å²) in [5, 5.41) is 26.9. The van der Waals surface area contributed by atoms with Crippen molar-refractivity contribution in [3.05, 3.63) is 100 Å². The topological polar surface area (TPSA) is 119 Å². The maximum absolute atomic E-state index is 14.6. The third-order valence-corrected chi connectivity index (χ3v) is 7.70. The van der Waals surface area contributed by atoms with Crippen LogP contribution in [0.2, 0.25) is 0 Å². The van der Waals surface area contributed by atoms with Gasteiger partial charge in [-0.25, -0.2) is 8.78 Å². The van der Waals surface area contributed by atoms with E-state index in [0.717, 1.165) is 11.1 Å². The van der Waals surface area contributed by atoms with Crippen LogP contribution in [0.4, 0.5) is 8.78 Å². The zero-order valence-corrected chi connectivity index (χ0v) is 23.7. The summed E-state index contributed by atoms with van der Waals surface area (Å²) < 4.78 is 29.2. The summed E-state index contributed by atoms with van der Waals surface area (Å²) in [5.41, 5.74) is 3.42. The summed E-state index contributed by atoms with van der Waals surface area (Å²) in [4.78, 5) is 40.6. The molecule has 4 rings (SSSR count). The number of aryl methyl sites for hydroxylation is 2. The van der Waals surface area contributed by atoms with Crippen LogP contribution in [0, 0.1) is 20.8 Å². The van der Waals surface area contributed by atoms with Gasteiger partial charge in [-0.1, -0.05) is 60.7 Å². The van der Waals surface area contributed by atoms with Gasteiger partial charge in [0, 0.05) is 24.1 Å². The molecule has 10 heteroatoms. The summed E-state index contributed by atoms with van der Waals surface area (Å²) in [6.45, 7) is 4.16. The fraction of sp³-hybridized carbons (Fsp3) is 0.344. The minimum absolute atomic E-state index is 0.00472. The summed E-state index contributed by atoms with van der Waals surface area (Å²) in [7, 11) is 0. The number of rotatable bonds is 9. The molecular weight excluding hydrogens is 544 g/mol. The van der Waals surface area contributed by atoms with Gasteiger partial charge in [0.05, 0.1) is 12.6 Å². The third kappa shape index (κ3) is 6.94. The first kappa shape index (κ1) is 30.6. The zero-order chi connectivity index (χ0) is 30.6. The van der Waals surface area contributed by atoms with Gasteiger partial charge in [-0.15, -0.1) is 0 Å². The SMILES string of the molecule is Cc1ccccc1CNC(=O)C1CC(F)(F)CN1C(=O)C(O)C(Cc1ccccc1)NC(=O)c1ccc(C)c(O)c1C. The largest absolute Gasteiger partial charge is 0.507 e. The Bertz CT molecular complexity index is 1460. The summed E-state index contributed by atoms with van der Waals surface area (Å²) >= 11 is 0. The first-order chi connectivity index (χ1) is 19.9. The van der Waals surface area contributed by atoms with Crippen LogP contribution in [-0.4, -0.2) is 63.5 Å². The molecule has 3 aromatic carbocycles. The second-order valence-corrected chi connectivity index (χ2v) is 10.8. The van der Waals surface area contributed by atoms with E-state index in [1.165, 1.54) is 6.07 Å². The Kier molecular flexibility index (Phi) is 9.26. The molecule has 8 nitrogen and oxygen atoms in total. The highest BCUT2D eigenvalue weighted by Gasteiger charge is 2.51. The fourth-order valence-corrected chi connectivity index (χ4v) is 5.17. The quantitative estimate of drug-likeness (QED) is 0.309. The minimum atomic E-state index is -3.34. The predicted octanol–water partition coefficient (Wildman–Crippen LogP) is 3.57. The molecule has 3 unspecified atom stereocenters. The van der Waals surface area contributed by atoms with E-state index in [1.54, 1.807) is 62.4 Å². The highest BCUT2D eigenvalue weighted by atomic mass is 19.3. The number of alkyl halides is 2. The van der Waals surface area contributed by atoms with Gasteiger partial charge in [0.1, 0.15) is 11.8 Å². The van der Waals surface area contributed by atoms with Crippen molar-refractivity contribution in [2.45, 2.75) is 64.3 Å². The molecule has 1 aliphatic heterocycles. The molecule has 222 valence electrons.